The molecule has 2 N–H and O–H groups in total. The van der Waals surface area contributed by atoms with Gasteiger partial charge >= 0.3 is 5.97 Å². The number of carboxylic acids is 1. The van der Waals surface area contributed by atoms with E-state index in [0.717, 1.165) is 16.9 Å². The van der Waals surface area contributed by atoms with E-state index in [4.69, 9.17) is 14.6 Å². The number of rotatable bonds is 8. The number of hydrazone groups is 1. The summed E-state index contributed by atoms with van der Waals surface area (Å²) in [6.45, 7) is 0.169. The molecule has 0 aliphatic carbocycles. The Bertz CT molecular complexity index is 686. The molecule has 6 heteroatoms. The Kier molecular flexibility index (Phi) is 5.99. The normalized spacial score (nSPS) is 10.5. The molecule has 0 saturated carbocycles. The average Bonchev–Trinajstić information content (AvgIpc) is 2.57. The number of para-hydroxylation sites is 1. The summed E-state index contributed by atoms with van der Waals surface area (Å²) in [6.07, 6.45) is 1.64. The summed E-state index contributed by atoms with van der Waals surface area (Å²) in [5.41, 5.74) is 4.76. The molecule has 0 radical (unpaired) electrons. The lowest BCUT2D eigenvalue weighted by Crippen LogP contribution is -2.09. The van der Waals surface area contributed by atoms with Crippen LogP contribution < -0.4 is 14.9 Å². The zero-order valence-electron chi connectivity index (χ0n) is 12.7. The Labute approximate surface area is 134 Å². The lowest BCUT2D eigenvalue weighted by Gasteiger charge is -2.07. The Morgan fingerprint density at radius 3 is 2.87 bits per heavy atom. The number of aliphatic carboxylic acids is 1. The molecule has 23 heavy (non-hydrogen) atoms. The van der Waals surface area contributed by atoms with Crippen molar-refractivity contribution in [2.75, 3.05) is 13.7 Å². The van der Waals surface area contributed by atoms with E-state index in [9.17, 15) is 4.79 Å². The van der Waals surface area contributed by atoms with Gasteiger partial charge < -0.3 is 20.0 Å². The smallest absolute Gasteiger partial charge is 0.341 e. The Hall–Kier alpha value is -3.02. The number of ether oxygens (including phenoxy) is 2. The fraction of sp³-hybridized carbons (Fsp3) is 0.176. The van der Waals surface area contributed by atoms with Gasteiger partial charge in [0, 0.05) is 5.56 Å². The predicted molar refractivity (Wildman–Crippen MR) is 87.0 cm³/mol. The van der Waals surface area contributed by atoms with Gasteiger partial charge in [-0.2, -0.15) is 5.10 Å². The number of nitrogens with one attached hydrogen (secondary N) is 1. The van der Waals surface area contributed by atoms with Crippen LogP contribution in [0.2, 0.25) is 0 Å². The second-order valence-electron chi connectivity index (χ2n) is 4.66. The van der Waals surface area contributed by atoms with Gasteiger partial charge in [-0.25, -0.2) is 4.79 Å². The van der Waals surface area contributed by atoms with Gasteiger partial charge in [0.1, 0.15) is 11.5 Å². The SMILES string of the molecule is COc1ccccc1CN/N=C/c1cccc(OCC(=O)O)c1. The Balaban J connectivity index is 1.90. The first-order valence-electron chi connectivity index (χ1n) is 7.01. The fourth-order valence-electron chi connectivity index (χ4n) is 1.93. The summed E-state index contributed by atoms with van der Waals surface area (Å²) >= 11 is 0. The third-order valence-electron chi connectivity index (χ3n) is 2.99. The number of carbonyl (C=O) groups is 1. The van der Waals surface area contributed by atoms with E-state index in [2.05, 4.69) is 10.5 Å². The number of carboxylic acid groups (broad SMARTS) is 1. The van der Waals surface area contributed by atoms with Crippen molar-refractivity contribution >= 4 is 12.2 Å². The first-order valence-corrected chi connectivity index (χ1v) is 7.01. The fourth-order valence-corrected chi connectivity index (χ4v) is 1.93. The third-order valence-corrected chi connectivity index (χ3v) is 2.99. The minimum absolute atomic E-state index is 0.368. The largest absolute Gasteiger partial charge is 0.496 e. The van der Waals surface area contributed by atoms with Gasteiger partial charge in [-0.05, 0) is 23.8 Å². The van der Waals surface area contributed by atoms with E-state index < -0.39 is 5.97 Å². The van der Waals surface area contributed by atoms with Crippen LogP contribution in [0.3, 0.4) is 0 Å². The van der Waals surface area contributed by atoms with Crippen LogP contribution in [0, 0.1) is 0 Å². The van der Waals surface area contributed by atoms with E-state index in [0.29, 0.717) is 12.3 Å². The standard InChI is InChI=1S/C17H18N2O4/c1-22-16-8-3-2-6-14(16)11-19-18-10-13-5-4-7-15(9-13)23-12-17(20)21/h2-10,19H,11-12H2,1H3,(H,20,21)/b18-10+. The van der Waals surface area contributed by atoms with Crippen molar-refractivity contribution in [2.45, 2.75) is 6.54 Å². The summed E-state index contributed by atoms with van der Waals surface area (Å²) in [5.74, 6) is 0.280. The molecule has 6 nitrogen and oxygen atoms in total. The molecular weight excluding hydrogens is 296 g/mol. The maximum Gasteiger partial charge on any atom is 0.341 e. The summed E-state index contributed by atoms with van der Waals surface area (Å²) < 4.78 is 10.4. The van der Waals surface area contributed by atoms with Gasteiger partial charge in [0.15, 0.2) is 6.61 Å². The number of hydrogen-bond acceptors (Lipinski definition) is 5. The number of benzene rings is 2. The van der Waals surface area contributed by atoms with Crippen LogP contribution in [0.25, 0.3) is 0 Å². The average molecular weight is 314 g/mol. The van der Waals surface area contributed by atoms with E-state index in [1.807, 2.05) is 30.3 Å². The molecule has 0 bridgehead atoms. The second kappa shape index (κ2) is 8.43. The topological polar surface area (TPSA) is 80.1 Å². The van der Waals surface area contributed by atoms with Gasteiger partial charge in [-0.1, -0.05) is 30.3 Å². The van der Waals surface area contributed by atoms with Crippen LogP contribution in [0.5, 0.6) is 11.5 Å². The molecule has 2 aromatic carbocycles. The molecule has 0 unspecified atom stereocenters. The molecule has 120 valence electrons. The van der Waals surface area contributed by atoms with Crippen molar-refractivity contribution in [3.63, 3.8) is 0 Å². The molecular formula is C17H18N2O4. The Morgan fingerprint density at radius 1 is 1.26 bits per heavy atom. The summed E-state index contributed by atoms with van der Waals surface area (Å²) in [4.78, 5) is 10.5. The first-order chi connectivity index (χ1) is 11.2. The van der Waals surface area contributed by atoms with E-state index >= 15 is 0 Å². The molecule has 2 aromatic rings. The lowest BCUT2D eigenvalue weighted by atomic mass is 10.2. The molecule has 0 aliphatic heterocycles. The predicted octanol–water partition coefficient (Wildman–Crippen LogP) is 2.28. The molecule has 0 fully saturated rings. The van der Waals surface area contributed by atoms with E-state index in [1.165, 1.54) is 0 Å². The van der Waals surface area contributed by atoms with Crippen LogP contribution in [0.15, 0.2) is 53.6 Å². The van der Waals surface area contributed by atoms with Crippen molar-refractivity contribution in [3.8, 4) is 11.5 Å². The van der Waals surface area contributed by atoms with Crippen LogP contribution in [-0.2, 0) is 11.3 Å². The zero-order chi connectivity index (χ0) is 16.5. The zero-order valence-corrected chi connectivity index (χ0v) is 12.7. The van der Waals surface area contributed by atoms with Crippen LogP contribution in [-0.4, -0.2) is 31.0 Å². The molecule has 0 aliphatic rings. The van der Waals surface area contributed by atoms with Gasteiger partial charge in [0.05, 0.1) is 19.9 Å². The summed E-state index contributed by atoms with van der Waals surface area (Å²) in [7, 11) is 1.63. The summed E-state index contributed by atoms with van der Waals surface area (Å²) in [5, 5.41) is 12.7. The molecule has 0 amide bonds. The molecule has 0 spiro atoms. The van der Waals surface area contributed by atoms with Crippen molar-refractivity contribution in [3.05, 3.63) is 59.7 Å². The highest BCUT2D eigenvalue weighted by molar-refractivity contribution is 5.80. The van der Waals surface area contributed by atoms with Crippen molar-refractivity contribution in [1.82, 2.24) is 5.43 Å². The monoisotopic (exact) mass is 314 g/mol. The molecule has 2 rings (SSSR count). The summed E-state index contributed by atoms with van der Waals surface area (Å²) in [6, 6.07) is 14.7. The molecule has 0 atom stereocenters. The highest BCUT2D eigenvalue weighted by Crippen LogP contribution is 2.16. The number of nitrogens with zero attached hydrogens (tertiary/aromatic N) is 1. The van der Waals surface area contributed by atoms with E-state index in [-0.39, 0.29) is 6.61 Å². The third kappa shape index (κ3) is 5.35. The quantitative estimate of drug-likeness (QED) is 0.577. The van der Waals surface area contributed by atoms with Gasteiger partial charge in [0.2, 0.25) is 0 Å². The van der Waals surface area contributed by atoms with Gasteiger partial charge in [-0.15, -0.1) is 0 Å². The molecule has 0 saturated heterocycles. The number of hydrogen-bond donors (Lipinski definition) is 2. The van der Waals surface area contributed by atoms with Crippen molar-refractivity contribution in [1.29, 1.82) is 0 Å². The van der Waals surface area contributed by atoms with Crippen molar-refractivity contribution < 1.29 is 19.4 Å². The minimum Gasteiger partial charge on any atom is -0.496 e. The maximum atomic E-state index is 10.5. The highest BCUT2D eigenvalue weighted by Gasteiger charge is 2.01. The van der Waals surface area contributed by atoms with Crippen LogP contribution in [0.1, 0.15) is 11.1 Å². The lowest BCUT2D eigenvalue weighted by molar-refractivity contribution is -0.139. The highest BCUT2D eigenvalue weighted by atomic mass is 16.5. The van der Waals surface area contributed by atoms with E-state index in [1.54, 1.807) is 31.5 Å². The maximum absolute atomic E-state index is 10.5. The Morgan fingerprint density at radius 2 is 2.09 bits per heavy atom. The number of methoxy groups -OCH3 is 1. The second-order valence-corrected chi connectivity index (χ2v) is 4.66. The van der Waals surface area contributed by atoms with Crippen LogP contribution in [0.4, 0.5) is 0 Å². The van der Waals surface area contributed by atoms with Gasteiger partial charge in [0.25, 0.3) is 0 Å². The van der Waals surface area contributed by atoms with Gasteiger partial charge in [-0.3, -0.25) is 0 Å². The minimum atomic E-state index is -1.01. The first kappa shape index (κ1) is 16.4. The van der Waals surface area contributed by atoms with Crippen molar-refractivity contribution in [2.24, 2.45) is 5.10 Å². The molecule has 0 aromatic heterocycles. The van der Waals surface area contributed by atoms with Crippen LogP contribution >= 0.6 is 0 Å². The molecule has 0 heterocycles.